The van der Waals surface area contributed by atoms with Crippen LogP contribution in [0.15, 0.2) is 12.7 Å². The van der Waals surface area contributed by atoms with E-state index in [1.807, 2.05) is 20.8 Å². The van der Waals surface area contributed by atoms with E-state index in [0.717, 1.165) is 57.8 Å². The first kappa shape index (κ1) is 41.8. The highest BCUT2D eigenvalue weighted by Gasteiger charge is 2.52. The van der Waals surface area contributed by atoms with Gasteiger partial charge in [-0.25, -0.2) is 13.2 Å². The predicted molar refractivity (Wildman–Crippen MR) is 202 cm³/mol. The zero-order chi connectivity index (χ0) is 38.7. The molecule has 1 saturated heterocycles. The number of urea groups is 1. The van der Waals surface area contributed by atoms with Crippen LogP contribution in [0.25, 0.3) is 0 Å². The highest BCUT2D eigenvalue weighted by atomic mass is 32.2. The van der Waals surface area contributed by atoms with Crippen LogP contribution in [0, 0.1) is 22.7 Å². The smallest absolute Gasteiger partial charge is 0.315 e. The van der Waals surface area contributed by atoms with Crippen LogP contribution in [0.3, 0.4) is 0 Å². The molecular formula is C39H65N5O7S. The number of carbonyl (C=O) groups excluding carboxylic acids is 5. The molecule has 1 aliphatic heterocycles. The van der Waals surface area contributed by atoms with Crippen LogP contribution in [0.2, 0.25) is 0 Å². The summed E-state index contributed by atoms with van der Waals surface area (Å²) in [4.78, 5) is 70.6. The number of likely N-dealkylation sites (tertiary alicyclic amines) is 1. The Bertz CT molecular complexity index is 1460. The van der Waals surface area contributed by atoms with Gasteiger partial charge in [0.05, 0.1) is 22.1 Å². The Labute approximate surface area is 311 Å². The fourth-order valence-corrected chi connectivity index (χ4v) is 10.0. The fourth-order valence-electron chi connectivity index (χ4n) is 8.50. The molecule has 0 radical (unpaired) electrons. The number of carbonyl (C=O) groups is 5. The van der Waals surface area contributed by atoms with Gasteiger partial charge >= 0.3 is 6.03 Å². The predicted octanol–water partition coefficient (Wildman–Crippen LogP) is 4.57. The molecule has 1 heterocycles. The van der Waals surface area contributed by atoms with E-state index in [1.54, 1.807) is 25.7 Å². The van der Waals surface area contributed by atoms with Crippen LogP contribution < -0.4 is 21.3 Å². The molecule has 0 bridgehead atoms. The Morgan fingerprint density at radius 1 is 0.904 bits per heavy atom. The summed E-state index contributed by atoms with van der Waals surface area (Å²) in [6.45, 7) is 16.7. The molecule has 4 atom stereocenters. The van der Waals surface area contributed by atoms with Gasteiger partial charge in [-0.15, -0.1) is 6.58 Å². The molecule has 52 heavy (non-hydrogen) atoms. The Morgan fingerprint density at radius 2 is 1.50 bits per heavy atom. The lowest BCUT2D eigenvalue weighted by Crippen LogP contribution is -2.66. The minimum absolute atomic E-state index is 0.0964. The lowest BCUT2D eigenvalue weighted by Gasteiger charge is -2.50. The van der Waals surface area contributed by atoms with Gasteiger partial charge in [0.15, 0.2) is 9.84 Å². The second-order valence-corrected chi connectivity index (χ2v) is 21.1. The maximum atomic E-state index is 14.8. The molecule has 5 amide bonds. The van der Waals surface area contributed by atoms with E-state index in [9.17, 15) is 32.4 Å². The molecule has 294 valence electrons. The van der Waals surface area contributed by atoms with Crippen LogP contribution in [0.1, 0.15) is 132 Å². The Morgan fingerprint density at radius 3 is 2.04 bits per heavy atom. The molecule has 0 aromatic carbocycles. The third kappa shape index (κ3) is 9.96. The second kappa shape index (κ2) is 16.2. The molecule has 2 unspecified atom stereocenters. The van der Waals surface area contributed by atoms with Crippen molar-refractivity contribution in [2.75, 3.05) is 18.8 Å². The lowest BCUT2D eigenvalue weighted by atomic mass is 9.67. The number of hydrogen-bond acceptors (Lipinski definition) is 7. The molecular weight excluding hydrogens is 683 g/mol. The fraction of sp³-hybridized carbons (Fsp3) is 0.821. The van der Waals surface area contributed by atoms with Crippen molar-refractivity contribution in [2.45, 2.75) is 160 Å². The zero-order valence-electron chi connectivity index (χ0n) is 32.7. The van der Waals surface area contributed by atoms with E-state index in [-0.39, 0.29) is 29.5 Å². The van der Waals surface area contributed by atoms with E-state index in [2.05, 4.69) is 34.8 Å². The maximum Gasteiger partial charge on any atom is 0.315 e. The number of hydrogen-bond donors (Lipinski definition) is 4. The Kier molecular flexibility index (Phi) is 13.0. The van der Waals surface area contributed by atoms with Gasteiger partial charge in [-0.05, 0) is 82.0 Å². The number of piperidine rings is 1. The Hall–Kier alpha value is -2.96. The summed E-state index contributed by atoms with van der Waals surface area (Å²) in [5.41, 5.74) is -1.87. The standard InChI is InChI=1S/C39H65N5O7S/c1-9-21-40-33(47)30(45)28(22-27-15-16-27)41-32(46)29-23-38(17-13-14-18-38)26(2)24-44(29)34(48)31(36(3,4)5)42-35(49)43-39(19-11-10-12-20-39)25-52(50,51)37(6,7)8/h9,26-29,31H,1,10-25H2,2-8H3,(H,40,47)(H,41,46)(H2,42,43,49)/t26?,28?,29-,31+/m0/s1. The molecule has 0 aromatic rings. The number of ketones is 1. The first-order chi connectivity index (χ1) is 24.1. The number of amides is 5. The number of nitrogens with one attached hydrogen (secondary N) is 4. The molecule has 4 N–H and O–H groups in total. The van der Waals surface area contributed by atoms with Crippen molar-refractivity contribution < 1.29 is 32.4 Å². The van der Waals surface area contributed by atoms with Gasteiger partial charge < -0.3 is 26.2 Å². The number of rotatable bonds is 13. The van der Waals surface area contributed by atoms with Gasteiger partial charge in [0.2, 0.25) is 17.6 Å². The largest absolute Gasteiger partial charge is 0.346 e. The van der Waals surface area contributed by atoms with Crippen LogP contribution in [-0.4, -0.2) is 90.1 Å². The van der Waals surface area contributed by atoms with Crippen molar-refractivity contribution >= 4 is 39.4 Å². The normalized spacial score (nSPS) is 24.3. The van der Waals surface area contributed by atoms with Crippen LogP contribution in [-0.2, 0) is 29.0 Å². The quantitative estimate of drug-likeness (QED) is 0.158. The summed E-state index contributed by atoms with van der Waals surface area (Å²) in [5, 5.41) is 11.4. The van der Waals surface area contributed by atoms with Gasteiger partial charge in [-0.2, -0.15) is 0 Å². The number of Topliss-reactive ketones (excluding diaryl/α,β-unsaturated/α-hetero) is 1. The third-order valence-electron chi connectivity index (χ3n) is 12.2. The highest BCUT2D eigenvalue weighted by molar-refractivity contribution is 7.92. The first-order valence-electron chi connectivity index (χ1n) is 19.5. The minimum Gasteiger partial charge on any atom is -0.346 e. The van der Waals surface area contributed by atoms with Crippen molar-refractivity contribution in [1.82, 2.24) is 26.2 Å². The molecule has 4 fully saturated rings. The maximum absolute atomic E-state index is 14.8. The minimum atomic E-state index is -3.57. The van der Waals surface area contributed by atoms with Gasteiger partial charge in [0, 0.05) is 13.1 Å². The summed E-state index contributed by atoms with van der Waals surface area (Å²) in [5.74, 6) is -2.22. The van der Waals surface area contributed by atoms with Crippen molar-refractivity contribution in [2.24, 2.45) is 22.7 Å². The van der Waals surface area contributed by atoms with E-state index in [1.165, 1.54) is 6.08 Å². The topological polar surface area (TPSA) is 171 Å². The van der Waals surface area contributed by atoms with E-state index in [4.69, 9.17) is 0 Å². The van der Waals surface area contributed by atoms with Crippen molar-refractivity contribution in [3.05, 3.63) is 12.7 Å². The zero-order valence-corrected chi connectivity index (χ0v) is 33.5. The molecule has 4 rings (SSSR count). The Balaban J connectivity index is 1.61. The lowest BCUT2D eigenvalue weighted by molar-refractivity contribution is -0.152. The average Bonchev–Trinajstić information content (AvgIpc) is 3.75. The van der Waals surface area contributed by atoms with Gasteiger partial charge in [0.25, 0.3) is 5.91 Å². The van der Waals surface area contributed by atoms with E-state index >= 15 is 0 Å². The summed E-state index contributed by atoms with van der Waals surface area (Å²) in [6, 6.07) is -3.57. The SMILES string of the molecule is C=CCNC(=O)C(=O)C(CC1CC1)NC(=O)[C@@H]1CC2(CCCC2)C(C)CN1C(=O)[C@@H](NC(=O)NC1(CS(=O)(=O)C(C)(C)C)CCCCC1)C(C)(C)C. The van der Waals surface area contributed by atoms with E-state index in [0.29, 0.717) is 32.2 Å². The first-order valence-corrected chi connectivity index (χ1v) is 21.1. The van der Waals surface area contributed by atoms with Crippen LogP contribution >= 0.6 is 0 Å². The van der Waals surface area contributed by atoms with Crippen LogP contribution in [0.4, 0.5) is 4.79 Å². The molecule has 3 saturated carbocycles. The molecule has 0 aromatic heterocycles. The second-order valence-electron chi connectivity index (χ2n) is 18.4. The molecule has 12 nitrogen and oxygen atoms in total. The number of nitrogens with zero attached hydrogens (tertiary/aromatic N) is 1. The van der Waals surface area contributed by atoms with Crippen LogP contribution in [0.5, 0.6) is 0 Å². The van der Waals surface area contributed by atoms with Crippen molar-refractivity contribution in [3.8, 4) is 0 Å². The summed E-state index contributed by atoms with van der Waals surface area (Å²) >= 11 is 0. The molecule has 1 spiro atoms. The van der Waals surface area contributed by atoms with Gasteiger partial charge in [0.1, 0.15) is 12.1 Å². The molecule has 4 aliphatic rings. The highest BCUT2D eigenvalue weighted by Crippen LogP contribution is 2.51. The van der Waals surface area contributed by atoms with Gasteiger partial charge in [-0.1, -0.05) is 78.7 Å². The monoisotopic (exact) mass is 747 g/mol. The third-order valence-corrected chi connectivity index (χ3v) is 15.0. The van der Waals surface area contributed by atoms with Crippen molar-refractivity contribution in [1.29, 1.82) is 0 Å². The summed E-state index contributed by atoms with van der Waals surface area (Å²) in [7, 11) is -3.57. The summed E-state index contributed by atoms with van der Waals surface area (Å²) in [6.07, 6.45) is 11.6. The van der Waals surface area contributed by atoms with Crippen molar-refractivity contribution in [3.63, 3.8) is 0 Å². The molecule has 13 heteroatoms. The number of sulfone groups is 1. The van der Waals surface area contributed by atoms with Gasteiger partial charge in [-0.3, -0.25) is 19.2 Å². The van der Waals surface area contributed by atoms with E-state index < -0.39 is 73.2 Å². The molecule has 3 aliphatic carbocycles. The average molecular weight is 748 g/mol. The summed E-state index contributed by atoms with van der Waals surface area (Å²) < 4.78 is 25.8.